The van der Waals surface area contributed by atoms with Crippen molar-refractivity contribution in [1.82, 2.24) is 20.3 Å². The molecule has 2 aromatic heterocycles. The van der Waals surface area contributed by atoms with E-state index in [-0.39, 0.29) is 24.6 Å². The van der Waals surface area contributed by atoms with Gasteiger partial charge in [-0.05, 0) is 32.8 Å². The van der Waals surface area contributed by atoms with Crippen LogP contribution in [0.5, 0.6) is 0 Å². The molecule has 2 aromatic rings. The summed E-state index contributed by atoms with van der Waals surface area (Å²) in [4.78, 5) is 12.5. The minimum atomic E-state index is -0.128. The summed E-state index contributed by atoms with van der Waals surface area (Å²) >= 11 is 0. The fourth-order valence-corrected chi connectivity index (χ4v) is 3.25. The Bertz CT molecular complexity index is 691. The molecule has 0 unspecified atom stereocenters. The molecule has 124 valence electrons. The average molecular weight is 318 g/mol. The van der Waals surface area contributed by atoms with Gasteiger partial charge in [0.1, 0.15) is 17.2 Å². The van der Waals surface area contributed by atoms with Crippen LogP contribution in [-0.4, -0.2) is 32.0 Å². The van der Waals surface area contributed by atoms with E-state index in [0.29, 0.717) is 17.0 Å². The highest BCUT2D eigenvalue weighted by Crippen LogP contribution is 2.28. The highest BCUT2D eigenvalue weighted by molar-refractivity contribution is 5.95. The summed E-state index contributed by atoms with van der Waals surface area (Å²) in [5.74, 6) is 1.26. The van der Waals surface area contributed by atoms with Gasteiger partial charge in [-0.1, -0.05) is 18.1 Å². The van der Waals surface area contributed by atoms with Crippen LogP contribution in [0.25, 0.3) is 0 Å². The molecular formula is C16H22N4O3. The third-order valence-electron chi connectivity index (χ3n) is 4.39. The third-order valence-corrected chi connectivity index (χ3v) is 4.39. The molecule has 0 aliphatic heterocycles. The van der Waals surface area contributed by atoms with Gasteiger partial charge in [-0.3, -0.25) is 4.79 Å². The molecule has 7 nitrogen and oxygen atoms in total. The molecule has 0 radical (unpaired) electrons. The number of hydrogen-bond donors (Lipinski definition) is 2. The van der Waals surface area contributed by atoms with E-state index in [1.807, 2.05) is 6.92 Å². The van der Waals surface area contributed by atoms with Crippen LogP contribution in [0.2, 0.25) is 0 Å². The maximum atomic E-state index is 12.5. The van der Waals surface area contributed by atoms with Gasteiger partial charge in [0.05, 0.1) is 30.5 Å². The number of hydrogen-bond acceptors (Lipinski definition) is 5. The quantitative estimate of drug-likeness (QED) is 0.898. The SMILES string of the molecule is Cc1cc(C(=O)N[C@H]2CCCC[C@H]2n2cc(CO)nn2)c(C)o1. The van der Waals surface area contributed by atoms with Crippen LogP contribution in [-0.2, 0) is 6.61 Å². The lowest BCUT2D eigenvalue weighted by Crippen LogP contribution is -2.43. The predicted octanol–water partition coefficient (Wildman–Crippen LogP) is 1.89. The van der Waals surface area contributed by atoms with Crippen LogP contribution in [0.15, 0.2) is 16.7 Å². The number of aromatic nitrogens is 3. The number of aryl methyl sites for hydroxylation is 2. The number of nitrogens with zero attached hydrogens (tertiary/aromatic N) is 3. The Labute approximate surface area is 134 Å². The lowest BCUT2D eigenvalue weighted by molar-refractivity contribution is 0.0903. The van der Waals surface area contributed by atoms with Crippen molar-refractivity contribution in [3.8, 4) is 0 Å². The highest BCUT2D eigenvalue weighted by Gasteiger charge is 2.30. The molecule has 0 spiro atoms. The van der Waals surface area contributed by atoms with E-state index in [0.717, 1.165) is 31.4 Å². The standard InChI is InChI=1S/C16H22N4O3/c1-10-7-13(11(2)23-10)16(22)17-14-5-3-4-6-15(14)20-8-12(9-21)18-19-20/h7-8,14-15,21H,3-6,9H2,1-2H3,(H,17,22)/t14-,15+/m0/s1. The molecule has 1 fully saturated rings. The Morgan fingerprint density at radius 3 is 2.87 bits per heavy atom. The predicted molar refractivity (Wildman–Crippen MR) is 82.9 cm³/mol. The number of carbonyl (C=O) groups excluding carboxylic acids is 1. The molecule has 1 saturated carbocycles. The van der Waals surface area contributed by atoms with Gasteiger partial charge in [0.15, 0.2) is 0 Å². The fraction of sp³-hybridized carbons (Fsp3) is 0.562. The molecule has 1 aliphatic rings. The molecule has 23 heavy (non-hydrogen) atoms. The first-order chi connectivity index (χ1) is 11.1. The van der Waals surface area contributed by atoms with E-state index in [1.165, 1.54) is 0 Å². The van der Waals surface area contributed by atoms with Gasteiger partial charge in [0, 0.05) is 0 Å². The van der Waals surface area contributed by atoms with Crippen LogP contribution in [0.3, 0.4) is 0 Å². The number of rotatable bonds is 4. The summed E-state index contributed by atoms with van der Waals surface area (Å²) in [6.45, 7) is 3.50. The van der Waals surface area contributed by atoms with Gasteiger partial charge in [-0.2, -0.15) is 0 Å². The average Bonchev–Trinajstić information content (AvgIpc) is 3.14. The van der Waals surface area contributed by atoms with Gasteiger partial charge in [0.25, 0.3) is 5.91 Å². The first-order valence-electron chi connectivity index (χ1n) is 7.98. The zero-order valence-electron chi connectivity index (χ0n) is 13.5. The maximum Gasteiger partial charge on any atom is 0.255 e. The van der Waals surface area contributed by atoms with Crippen molar-refractivity contribution in [2.24, 2.45) is 0 Å². The monoisotopic (exact) mass is 318 g/mol. The largest absolute Gasteiger partial charge is 0.466 e. The van der Waals surface area contributed by atoms with Crippen LogP contribution < -0.4 is 5.32 Å². The van der Waals surface area contributed by atoms with Gasteiger partial charge >= 0.3 is 0 Å². The van der Waals surface area contributed by atoms with Gasteiger partial charge < -0.3 is 14.8 Å². The van der Waals surface area contributed by atoms with Crippen molar-refractivity contribution in [2.75, 3.05) is 0 Å². The minimum Gasteiger partial charge on any atom is -0.466 e. The maximum absolute atomic E-state index is 12.5. The Kier molecular flexibility index (Phi) is 4.47. The number of nitrogens with one attached hydrogen (secondary N) is 1. The van der Waals surface area contributed by atoms with Gasteiger partial charge in [0.2, 0.25) is 0 Å². The van der Waals surface area contributed by atoms with Crippen LogP contribution in [0.1, 0.15) is 59.3 Å². The molecule has 7 heteroatoms. The number of aliphatic hydroxyl groups is 1. The van der Waals surface area contributed by atoms with Crippen molar-refractivity contribution in [3.63, 3.8) is 0 Å². The minimum absolute atomic E-state index is 0.000834. The molecule has 2 atom stereocenters. The molecule has 2 heterocycles. The summed E-state index contributed by atoms with van der Waals surface area (Å²) in [7, 11) is 0. The third kappa shape index (κ3) is 3.29. The second-order valence-corrected chi connectivity index (χ2v) is 6.11. The van der Waals surface area contributed by atoms with E-state index in [2.05, 4.69) is 15.6 Å². The van der Waals surface area contributed by atoms with Crippen molar-refractivity contribution in [3.05, 3.63) is 35.0 Å². The Balaban J connectivity index is 1.76. The number of carbonyl (C=O) groups is 1. The summed E-state index contributed by atoms with van der Waals surface area (Å²) in [5, 5.41) is 20.3. The first-order valence-corrected chi connectivity index (χ1v) is 7.98. The van der Waals surface area contributed by atoms with Gasteiger partial charge in [-0.25, -0.2) is 4.68 Å². The Hall–Kier alpha value is -2.15. The van der Waals surface area contributed by atoms with Crippen molar-refractivity contribution in [2.45, 2.75) is 58.2 Å². The molecule has 0 bridgehead atoms. The Morgan fingerprint density at radius 2 is 2.22 bits per heavy atom. The second kappa shape index (κ2) is 6.54. The highest BCUT2D eigenvalue weighted by atomic mass is 16.3. The molecule has 0 aromatic carbocycles. The molecule has 2 N–H and O–H groups in total. The van der Waals surface area contributed by atoms with Crippen LogP contribution >= 0.6 is 0 Å². The Morgan fingerprint density at radius 1 is 1.43 bits per heavy atom. The van der Waals surface area contributed by atoms with Crippen LogP contribution in [0.4, 0.5) is 0 Å². The van der Waals surface area contributed by atoms with E-state index in [1.54, 1.807) is 23.9 Å². The lowest BCUT2D eigenvalue weighted by Gasteiger charge is -2.31. The number of furan rings is 1. The summed E-state index contributed by atoms with van der Waals surface area (Å²) in [6, 6.07) is 1.83. The molecule has 0 saturated heterocycles. The van der Waals surface area contributed by atoms with E-state index in [9.17, 15) is 4.79 Å². The van der Waals surface area contributed by atoms with Crippen molar-refractivity contribution in [1.29, 1.82) is 0 Å². The van der Waals surface area contributed by atoms with E-state index in [4.69, 9.17) is 9.52 Å². The van der Waals surface area contributed by atoms with Crippen molar-refractivity contribution >= 4 is 5.91 Å². The number of amides is 1. The summed E-state index contributed by atoms with van der Waals surface area (Å²) < 4.78 is 7.20. The zero-order valence-corrected chi connectivity index (χ0v) is 13.5. The van der Waals surface area contributed by atoms with Crippen LogP contribution in [0, 0.1) is 13.8 Å². The summed E-state index contributed by atoms with van der Waals surface area (Å²) in [6.07, 6.45) is 5.76. The zero-order chi connectivity index (χ0) is 16.4. The van der Waals surface area contributed by atoms with Gasteiger partial charge in [-0.15, -0.1) is 5.10 Å². The molecule has 1 aliphatic carbocycles. The molecule has 1 amide bonds. The first kappa shape index (κ1) is 15.7. The smallest absolute Gasteiger partial charge is 0.255 e. The summed E-state index contributed by atoms with van der Waals surface area (Å²) in [5.41, 5.74) is 1.13. The second-order valence-electron chi connectivity index (χ2n) is 6.11. The molecule has 3 rings (SSSR count). The topological polar surface area (TPSA) is 93.2 Å². The lowest BCUT2D eigenvalue weighted by atomic mass is 9.90. The molecular weight excluding hydrogens is 296 g/mol. The van der Waals surface area contributed by atoms with Crippen molar-refractivity contribution < 1.29 is 14.3 Å². The van der Waals surface area contributed by atoms with E-state index >= 15 is 0 Å². The van der Waals surface area contributed by atoms with E-state index < -0.39 is 0 Å². The fourth-order valence-electron chi connectivity index (χ4n) is 3.25. The number of aliphatic hydroxyl groups excluding tert-OH is 1. The normalized spacial score (nSPS) is 21.3.